The summed E-state index contributed by atoms with van der Waals surface area (Å²) < 4.78 is 0. The minimum atomic E-state index is -0.350. The lowest BCUT2D eigenvalue weighted by Crippen LogP contribution is -2.18. The maximum atomic E-state index is 11.5. The first kappa shape index (κ1) is 22.9. The van der Waals surface area contributed by atoms with Crippen molar-refractivity contribution in [1.82, 2.24) is 4.98 Å². The summed E-state index contributed by atoms with van der Waals surface area (Å²) in [6.07, 6.45) is 0.643. The lowest BCUT2D eigenvalue weighted by molar-refractivity contribution is -0.384. The van der Waals surface area contributed by atoms with Crippen molar-refractivity contribution in [2.75, 3.05) is 5.01 Å². The van der Waals surface area contributed by atoms with E-state index < -0.39 is 0 Å². The monoisotopic (exact) mass is 482 g/mol. The predicted molar refractivity (Wildman–Crippen MR) is 142 cm³/mol. The van der Waals surface area contributed by atoms with E-state index >= 15 is 0 Å². The van der Waals surface area contributed by atoms with Crippen LogP contribution in [0.5, 0.6) is 0 Å². The topological polar surface area (TPSA) is 71.6 Å². The Bertz CT molecular complexity index is 1470. The molecule has 0 aliphatic carbocycles. The van der Waals surface area contributed by atoms with Gasteiger partial charge < -0.3 is 0 Å². The van der Waals surface area contributed by atoms with Gasteiger partial charge in [-0.3, -0.25) is 10.1 Å². The van der Waals surface area contributed by atoms with E-state index in [4.69, 9.17) is 10.1 Å². The third kappa shape index (κ3) is 4.47. The maximum Gasteiger partial charge on any atom is 0.269 e. The zero-order valence-corrected chi connectivity index (χ0v) is 21.0. The summed E-state index contributed by atoms with van der Waals surface area (Å²) in [5, 5.41) is 21.3. The van der Waals surface area contributed by atoms with Crippen LogP contribution < -0.4 is 5.01 Å². The number of rotatable bonds is 5. The number of hydrazone groups is 1. The van der Waals surface area contributed by atoms with Gasteiger partial charge in [-0.05, 0) is 56.5 Å². The van der Waals surface area contributed by atoms with Crippen LogP contribution in [0.3, 0.4) is 0 Å². The van der Waals surface area contributed by atoms with Gasteiger partial charge in [-0.25, -0.2) is 9.99 Å². The van der Waals surface area contributed by atoms with Crippen molar-refractivity contribution in [3.63, 3.8) is 0 Å². The van der Waals surface area contributed by atoms with Crippen molar-refractivity contribution in [2.45, 2.75) is 40.2 Å². The largest absolute Gasteiger partial charge is 0.269 e. The highest BCUT2D eigenvalue weighted by atomic mass is 32.1. The van der Waals surface area contributed by atoms with Crippen molar-refractivity contribution in [3.05, 3.63) is 110 Å². The molecule has 1 aliphatic heterocycles. The van der Waals surface area contributed by atoms with Crippen molar-refractivity contribution in [2.24, 2.45) is 5.10 Å². The van der Waals surface area contributed by atoms with Gasteiger partial charge in [0.2, 0.25) is 5.13 Å². The predicted octanol–water partition coefficient (Wildman–Crippen LogP) is 7.31. The Morgan fingerprint density at radius 1 is 0.943 bits per heavy atom. The number of nitro benzene ring substituents is 1. The SMILES string of the molecule is Cc1ccc(C)c(C2=NN(c3nc(-c4cc(C)ccc4C)cs3)[C@@H](c3cccc([N+](=O)[O-])c3)C2)c1. The van der Waals surface area contributed by atoms with E-state index in [0.717, 1.165) is 38.8 Å². The fraction of sp³-hybridized carbons (Fsp3) is 0.214. The van der Waals surface area contributed by atoms with Crippen LogP contribution in [0.1, 0.15) is 45.8 Å². The van der Waals surface area contributed by atoms with Gasteiger partial charge in [-0.15, -0.1) is 11.3 Å². The molecule has 0 spiro atoms. The minimum absolute atomic E-state index is 0.0813. The molecule has 0 unspecified atom stereocenters. The number of thiazole rings is 1. The van der Waals surface area contributed by atoms with E-state index in [0.29, 0.717) is 6.42 Å². The summed E-state index contributed by atoms with van der Waals surface area (Å²) in [6, 6.07) is 19.4. The average Bonchev–Trinajstić information content (AvgIpc) is 3.50. The quantitative estimate of drug-likeness (QED) is 0.221. The van der Waals surface area contributed by atoms with Crippen molar-refractivity contribution in [1.29, 1.82) is 0 Å². The maximum absolute atomic E-state index is 11.5. The van der Waals surface area contributed by atoms with Gasteiger partial charge in [0.15, 0.2) is 0 Å². The summed E-state index contributed by atoms with van der Waals surface area (Å²) >= 11 is 1.54. The molecule has 4 aromatic rings. The molecular weight excluding hydrogens is 456 g/mol. The van der Waals surface area contributed by atoms with Gasteiger partial charge >= 0.3 is 0 Å². The zero-order chi connectivity index (χ0) is 24.7. The summed E-state index contributed by atoms with van der Waals surface area (Å²) in [5.74, 6) is 0. The van der Waals surface area contributed by atoms with Crippen molar-refractivity contribution in [3.8, 4) is 11.3 Å². The van der Waals surface area contributed by atoms with Crippen LogP contribution in [0.15, 0.2) is 71.1 Å². The second-order valence-corrected chi connectivity index (χ2v) is 9.95. The molecule has 0 N–H and O–H groups in total. The summed E-state index contributed by atoms with van der Waals surface area (Å²) in [7, 11) is 0. The van der Waals surface area contributed by atoms with Gasteiger partial charge in [0.25, 0.3) is 5.69 Å². The molecule has 176 valence electrons. The molecule has 7 heteroatoms. The molecule has 2 heterocycles. The number of non-ortho nitro benzene ring substituents is 1. The Labute approximate surface area is 208 Å². The van der Waals surface area contributed by atoms with Gasteiger partial charge in [0, 0.05) is 35.1 Å². The molecule has 35 heavy (non-hydrogen) atoms. The van der Waals surface area contributed by atoms with E-state index in [-0.39, 0.29) is 16.7 Å². The smallest absolute Gasteiger partial charge is 0.258 e. The van der Waals surface area contributed by atoms with Crippen molar-refractivity contribution >= 4 is 27.9 Å². The third-order valence-electron chi connectivity index (χ3n) is 6.44. The first-order valence-electron chi connectivity index (χ1n) is 11.5. The fourth-order valence-electron chi connectivity index (χ4n) is 4.51. The summed E-state index contributed by atoms with van der Waals surface area (Å²) in [6.45, 7) is 8.33. The van der Waals surface area contributed by atoms with Crippen LogP contribution >= 0.6 is 11.3 Å². The Morgan fingerprint density at radius 2 is 1.63 bits per heavy atom. The Balaban J connectivity index is 1.60. The molecule has 0 radical (unpaired) electrons. The van der Waals surface area contributed by atoms with E-state index in [1.165, 1.54) is 22.8 Å². The lowest BCUT2D eigenvalue weighted by Gasteiger charge is -2.21. The highest BCUT2D eigenvalue weighted by Gasteiger charge is 2.33. The Morgan fingerprint density at radius 3 is 2.34 bits per heavy atom. The molecule has 6 nitrogen and oxygen atoms in total. The molecule has 3 aromatic carbocycles. The highest BCUT2D eigenvalue weighted by molar-refractivity contribution is 7.14. The summed E-state index contributed by atoms with van der Waals surface area (Å²) in [5.41, 5.74) is 9.71. The number of aromatic nitrogens is 1. The van der Waals surface area contributed by atoms with Crippen LogP contribution in [0.2, 0.25) is 0 Å². The standard InChI is InChI=1S/C28H26N4O2S/c1-17-8-10-19(3)23(12-17)25-15-27(21-6-5-7-22(14-21)32(33)34)31(30-25)28-29-26(16-35-28)24-13-18(2)9-11-20(24)4/h5-14,16,27H,15H2,1-4H3/t27-/m1/s1. The molecule has 1 aliphatic rings. The van der Waals surface area contributed by atoms with Crippen LogP contribution in [0.4, 0.5) is 10.8 Å². The second-order valence-electron chi connectivity index (χ2n) is 9.12. The first-order chi connectivity index (χ1) is 16.8. The van der Waals surface area contributed by atoms with Crippen LogP contribution in [0, 0.1) is 37.8 Å². The van der Waals surface area contributed by atoms with Gasteiger partial charge in [-0.2, -0.15) is 5.10 Å². The van der Waals surface area contributed by atoms with E-state index in [2.05, 4.69) is 69.5 Å². The Kier molecular flexibility index (Phi) is 5.94. The van der Waals surface area contributed by atoms with E-state index in [9.17, 15) is 10.1 Å². The summed E-state index contributed by atoms with van der Waals surface area (Å²) in [4.78, 5) is 16.1. The number of nitro groups is 1. The zero-order valence-electron chi connectivity index (χ0n) is 20.1. The number of hydrogen-bond donors (Lipinski definition) is 0. The third-order valence-corrected chi connectivity index (χ3v) is 7.27. The molecule has 5 rings (SSSR count). The van der Waals surface area contributed by atoms with Crippen LogP contribution in [-0.4, -0.2) is 15.6 Å². The molecule has 0 saturated carbocycles. The molecule has 0 amide bonds. The molecule has 0 fully saturated rings. The van der Waals surface area contributed by atoms with E-state index in [1.807, 2.05) is 11.1 Å². The normalized spacial score (nSPS) is 15.4. The van der Waals surface area contributed by atoms with Crippen LogP contribution in [0.25, 0.3) is 11.3 Å². The molecule has 0 bridgehead atoms. The molecular formula is C28H26N4O2S. The fourth-order valence-corrected chi connectivity index (χ4v) is 5.33. The minimum Gasteiger partial charge on any atom is -0.258 e. The number of benzene rings is 3. The lowest BCUT2D eigenvalue weighted by atomic mass is 9.95. The van der Waals surface area contributed by atoms with Gasteiger partial charge in [-0.1, -0.05) is 47.5 Å². The number of nitrogens with zero attached hydrogens (tertiary/aromatic N) is 4. The second kappa shape index (κ2) is 9.07. The van der Waals surface area contributed by atoms with Gasteiger partial charge in [0.05, 0.1) is 22.4 Å². The van der Waals surface area contributed by atoms with Crippen LogP contribution in [-0.2, 0) is 0 Å². The molecule has 0 saturated heterocycles. The molecule has 1 atom stereocenters. The average molecular weight is 483 g/mol. The highest BCUT2D eigenvalue weighted by Crippen LogP contribution is 2.41. The number of anilines is 1. The number of aryl methyl sites for hydroxylation is 4. The molecule has 1 aromatic heterocycles. The Hall–Kier alpha value is -3.84. The first-order valence-corrected chi connectivity index (χ1v) is 12.4. The number of hydrogen-bond acceptors (Lipinski definition) is 6. The van der Waals surface area contributed by atoms with E-state index in [1.54, 1.807) is 23.5 Å². The van der Waals surface area contributed by atoms with Gasteiger partial charge in [0.1, 0.15) is 0 Å². The van der Waals surface area contributed by atoms with Crippen molar-refractivity contribution < 1.29 is 4.92 Å².